The minimum absolute atomic E-state index is 0.164. The number of nitrogens with two attached hydrogens (primary N) is 1. The van der Waals surface area contributed by atoms with Crippen LogP contribution in [0.2, 0.25) is 5.02 Å². The van der Waals surface area contributed by atoms with Crippen LogP contribution in [0.3, 0.4) is 0 Å². The van der Waals surface area contributed by atoms with E-state index in [9.17, 15) is 4.79 Å². The zero-order valence-corrected chi connectivity index (χ0v) is 14.9. The number of piperidine rings is 3. The summed E-state index contributed by atoms with van der Waals surface area (Å²) < 4.78 is 5.76. The van der Waals surface area contributed by atoms with Crippen molar-refractivity contribution in [2.45, 2.75) is 31.8 Å². The number of amides is 1. The van der Waals surface area contributed by atoms with Crippen LogP contribution in [0.15, 0.2) is 34.7 Å². The van der Waals surface area contributed by atoms with Gasteiger partial charge in [-0.25, -0.2) is 0 Å². The summed E-state index contributed by atoms with van der Waals surface area (Å²) in [6.07, 6.45) is 2.31. The standard InChI is InChI=1S/C19H22ClN3O2/c1-11-18(12-6-8-23(11)9-7-12)22-19(24)17-5-4-16(25-17)14-3-2-13(21)10-15(14)20/h2-5,10-12,18H,6-9,21H2,1H3,(H,22,24). The molecule has 1 amide bonds. The third kappa shape index (κ3) is 3.02. The van der Waals surface area contributed by atoms with Crippen LogP contribution >= 0.6 is 11.6 Å². The number of hydrogen-bond donors (Lipinski definition) is 2. The SMILES string of the molecule is CC1C(NC(=O)c2ccc(-c3ccc(N)cc3Cl)o2)C2CCN1CC2. The van der Waals surface area contributed by atoms with Crippen molar-refractivity contribution < 1.29 is 9.21 Å². The summed E-state index contributed by atoms with van der Waals surface area (Å²) in [6.45, 7) is 4.47. The molecule has 0 aliphatic carbocycles. The van der Waals surface area contributed by atoms with Crippen molar-refractivity contribution in [1.82, 2.24) is 10.2 Å². The molecule has 0 spiro atoms. The van der Waals surface area contributed by atoms with Crippen LogP contribution in [0, 0.1) is 5.92 Å². The van der Waals surface area contributed by atoms with Crippen molar-refractivity contribution in [3.63, 3.8) is 0 Å². The Morgan fingerprint density at radius 3 is 2.72 bits per heavy atom. The summed E-state index contributed by atoms with van der Waals surface area (Å²) in [5.41, 5.74) is 7.04. The molecule has 4 heterocycles. The van der Waals surface area contributed by atoms with Crippen molar-refractivity contribution in [1.29, 1.82) is 0 Å². The van der Waals surface area contributed by atoms with Gasteiger partial charge in [-0.1, -0.05) is 11.6 Å². The molecule has 25 heavy (non-hydrogen) atoms. The fourth-order valence-electron chi connectivity index (χ4n) is 4.10. The van der Waals surface area contributed by atoms with Crippen molar-refractivity contribution in [2.24, 2.45) is 5.92 Å². The average Bonchev–Trinajstić information content (AvgIpc) is 3.08. The number of fused-ring (bicyclic) bond motifs is 3. The molecule has 2 bridgehead atoms. The van der Waals surface area contributed by atoms with Gasteiger partial charge in [0.25, 0.3) is 5.91 Å². The fourth-order valence-corrected chi connectivity index (χ4v) is 4.39. The summed E-state index contributed by atoms with van der Waals surface area (Å²) >= 11 is 6.22. The molecule has 3 fully saturated rings. The molecule has 132 valence electrons. The van der Waals surface area contributed by atoms with Gasteiger partial charge in [0.15, 0.2) is 5.76 Å². The first kappa shape index (κ1) is 16.5. The summed E-state index contributed by atoms with van der Waals surface area (Å²) in [7, 11) is 0. The Hall–Kier alpha value is -1.98. The van der Waals surface area contributed by atoms with Gasteiger partial charge in [0.2, 0.25) is 0 Å². The molecule has 1 aromatic heterocycles. The number of hydrogen-bond acceptors (Lipinski definition) is 4. The van der Waals surface area contributed by atoms with Crippen LogP contribution in [0.4, 0.5) is 5.69 Å². The summed E-state index contributed by atoms with van der Waals surface area (Å²) in [5, 5.41) is 3.68. The molecule has 1 aromatic carbocycles. The number of carbonyl (C=O) groups excluding carboxylic acids is 1. The maximum Gasteiger partial charge on any atom is 0.287 e. The molecule has 3 aliphatic rings. The van der Waals surface area contributed by atoms with E-state index in [1.807, 2.05) is 0 Å². The highest BCUT2D eigenvalue weighted by Crippen LogP contribution is 2.33. The highest BCUT2D eigenvalue weighted by molar-refractivity contribution is 6.33. The van der Waals surface area contributed by atoms with E-state index >= 15 is 0 Å². The second kappa shape index (κ2) is 6.39. The summed E-state index contributed by atoms with van der Waals surface area (Å²) in [6, 6.07) is 9.26. The number of nitrogens with zero attached hydrogens (tertiary/aromatic N) is 1. The zero-order chi connectivity index (χ0) is 17.6. The molecular weight excluding hydrogens is 338 g/mol. The number of halogens is 1. The molecule has 5 nitrogen and oxygen atoms in total. The largest absolute Gasteiger partial charge is 0.451 e. The van der Waals surface area contributed by atoms with Crippen molar-refractivity contribution in [3.05, 3.63) is 41.1 Å². The highest BCUT2D eigenvalue weighted by atomic mass is 35.5. The van der Waals surface area contributed by atoms with Gasteiger partial charge in [-0.2, -0.15) is 0 Å². The Labute approximate surface area is 152 Å². The predicted molar refractivity (Wildman–Crippen MR) is 98.6 cm³/mol. The molecule has 2 atom stereocenters. The molecule has 3 aliphatic heterocycles. The van der Waals surface area contributed by atoms with Gasteiger partial charge in [-0.15, -0.1) is 0 Å². The van der Waals surface area contributed by atoms with E-state index in [-0.39, 0.29) is 11.9 Å². The van der Waals surface area contributed by atoms with Gasteiger partial charge in [0.1, 0.15) is 5.76 Å². The van der Waals surface area contributed by atoms with E-state index in [1.54, 1.807) is 30.3 Å². The van der Waals surface area contributed by atoms with Crippen LogP contribution in [-0.2, 0) is 0 Å². The Kier molecular flexibility index (Phi) is 4.21. The maximum atomic E-state index is 12.6. The lowest BCUT2D eigenvalue weighted by atomic mass is 9.79. The Morgan fingerprint density at radius 2 is 2.04 bits per heavy atom. The van der Waals surface area contributed by atoms with E-state index in [1.165, 1.54) is 0 Å². The average molecular weight is 360 g/mol. The van der Waals surface area contributed by atoms with Crippen molar-refractivity contribution in [2.75, 3.05) is 18.8 Å². The minimum atomic E-state index is -0.164. The van der Waals surface area contributed by atoms with E-state index in [4.69, 9.17) is 21.8 Å². The molecule has 3 saturated heterocycles. The Morgan fingerprint density at radius 1 is 1.28 bits per heavy atom. The molecule has 3 N–H and O–H groups in total. The molecule has 6 heteroatoms. The normalized spacial score (nSPS) is 28.1. The van der Waals surface area contributed by atoms with Gasteiger partial charge in [-0.3, -0.25) is 9.69 Å². The van der Waals surface area contributed by atoms with Gasteiger partial charge < -0.3 is 15.5 Å². The first-order valence-corrected chi connectivity index (χ1v) is 9.11. The second-order valence-corrected chi connectivity index (χ2v) is 7.42. The minimum Gasteiger partial charge on any atom is -0.451 e. The van der Waals surface area contributed by atoms with E-state index in [2.05, 4.69) is 17.1 Å². The lowest BCUT2D eigenvalue weighted by Crippen LogP contribution is -2.62. The summed E-state index contributed by atoms with van der Waals surface area (Å²) in [4.78, 5) is 15.1. The van der Waals surface area contributed by atoms with Crippen LogP contribution in [-0.4, -0.2) is 36.0 Å². The summed E-state index contributed by atoms with van der Waals surface area (Å²) in [5.74, 6) is 1.27. The molecule has 0 saturated carbocycles. The third-order valence-corrected chi connectivity index (χ3v) is 5.88. The first-order valence-electron chi connectivity index (χ1n) is 8.73. The molecule has 0 radical (unpaired) electrons. The predicted octanol–water partition coefficient (Wildman–Crippen LogP) is 3.39. The fraction of sp³-hybridized carbons (Fsp3) is 0.421. The second-order valence-electron chi connectivity index (χ2n) is 7.02. The first-order chi connectivity index (χ1) is 12.0. The number of benzene rings is 1. The molecular formula is C19H22ClN3O2. The van der Waals surface area contributed by atoms with Crippen molar-refractivity contribution in [3.8, 4) is 11.3 Å². The maximum absolute atomic E-state index is 12.6. The van der Waals surface area contributed by atoms with Crippen LogP contribution < -0.4 is 11.1 Å². The quantitative estimate of drug-likeness (QED) is 0.824. The Bertz CT molecular complexity index is 794. The topological polar surface area (TPSA) is 71.5 Å². The number of carbonyl (C=O) groups is 1. The van der Waals surface area contributed by atoms with Crippen LogP contribution in [0.1, 0.15) is 30.3 Å². The van der Waals surface area contributed by atoms with Gasteiger partial charge in [0, 0.05) is 23.3 Å². The number of nitrogens with one attached hydrogen (secondary N) is 1. The zero-order valence-electron chi connectivity index (χ0n) is 14.2. The van der Waals surface area contributed by atoms with E-state index in [0.717, 1.165) is 31.5 Å². The molecule has 5 rings (SSSR count). The monoisotopic (exact) mass is 359 g/mol. The Balaban J connectivity index is 1.51. The van der Waals surface area contributed by atoms with Gasteiger partial charge >= 0.3 is 0 Å². The molecule has 2 aromatic rings. The highest BCUT2D eigenvalue weighted by Gasteiger charge is 2.40. The van der Waals surface area contributed by atoms with E-state index < -0.39 is 0 Å². The van der Waals surface area contributed by atoms with E-state index in [0.29, 0.717) is 34.2 Å². The van der Waals surface area contributed by atoms with Crippen molar-refractivity contribution >= 4 is 23.2 Å². The van der Waals surface area contributed by atoms with Gasteiger partial charge in [0.05, 0.1) is 5.02 Å². The van der Waals surface area contributed by atoms with Crippen LogP contribution in [0.25, 0.3) is 11.3 Å². The number of furan rings is 1. The van der Waals surface area contributed by atoms with Crippen LogP contribution in [0.5, 0.6) is 0 Å². The smallest absolute Gasteiger partial charge is 0.287 e. The van der Waals surface area contributed by atoms with Gasteiger partial charge in [-0.05, 0) is 69.1 Å². The number of anilines is 1. The lowest BCUT2D eigenvalue weighted by molar-refractivity contribution is 0.0211. The lowest BCUT2D eigenvalue weighted by Gasteiger charge is -2.49. The number of rotatable bonds is 3. The third-order valence-electron chi connectivity index (χ3n) is 5.56. The molecule has 2 unspecified atom stereocenters. The number of nitrogen functional groups attached to an aromatic ring is 1.